The first-order valence-electron chi connectivity index (χ1n) is 5.25. The number of rotatable bonds is 4. The van der Waals surface area contributed by atoms with Crippen LogP contribution in [0.2, 0.25) is 0 Å². The van der Waals surface area contributed by atoms with Gasteiger partial charge in [-0.15, -0.1) is 11.8 Å². The van der Waals surface area contributed by atoms with E-state index in [1.807, 2.05) is 18.7 Å². The molecule has 3 heteroatoms. The molecule has 0 aliphatic carbocycles. The van der Waals surface area contributed by atoms with Crippen molar-refractivity contribution in [3.05, 3.63) is 0 Å². The van der Waals surface area contributed by atoms with Crippen molar-refractivity contribution in [3.8, 4) is 11.8 Å². The Hall–Kier alpha value is -0.170. The van der Waals surface area contributed by atoms with Gasteiger partial charge in [-0.1, -0.05) is 0 Å². The van der Waals surface area contributed by atoms with Crippen LogP contribution in [0.3, 0.4) is 0 Å². The normalized spacial score (nSPS) is 19.9. The summed E-state index contributed by atoms with van der Waals surface area (Å²) in [6, 6.07) is 0. The van der Waals surface area contributed by atoms with Crippen LogP contribution in [0, 0.1) is 11.8 Å². The van der Waals surface area contributed by atoms with Gasteiger partial charge in [-0.2, -0.15) is 11.8 Å². The molecule has 0 unspecified atom stereocenters. The SMILES string of the molecule is CC#CCCNC1(CN)CCSCC1. The Bertz CT molecular complexity index is 211. The molecule has 1 aliphatic heterocycles. The van der Waals surface area contributed by atoms with Gasteiger partial charge in [0.15, 0.2) is 0 Å². The first-order valence-corrected chi connectivity index (χ1v) is 6.41. The van der Waals surface area contributed by atoms with Crippen molar-refractivity contribution < 1.29 is 0 Å². The summed E-state index contributed by atoms with van der Waals surface area (Å²) >= 11 is 2.03. The zero-order valence-electron chi connectivity index (χ0n) is 8.94. The Kier molecular flexibility index (Phi) is 5.39. The van der Waals surface area contributed by atoms with E-state index >= 15 is 0 Å². The quantitative estimate of drug-likeness (QED) is 0.543. The average Bonchev–Trinajstić information content (AvgIpc) is 2.26. The van der Waals surface area contributed by atoms with Crippen molar-refractivity contribution in [1.82, 2.24) is 5.32 Å². The maximum absolute atomic E-state index is 5.85. The van der Waals surface area contributed by atoms with E-state index in [2.05, 4.69) is 17.2 Å². The van der Waals surface area contributed by atoms with E-state index in [0.717, 1.165) is 19.5 Å². The molecule has 1 saturated heterocycles. The monoisotopic (exact) mass is 212 g/mol. The molecule has 2 nitrogen and oxygen atoms in total. The Morgan fingerprint density at radius 1 is 1.43 bits per heavy atom. The predicted molar refractivity (Wildman–Crippen MR) is 64.4 cm³/mol. The van der Waals surface area contributed by atoms with Gasteiger partial charge in [0.05, 0.1) is 0 Å². The lowest BCUT2D eigenvalue weighted by Gasteiger charge is -2.37. The summed E-state index contributed by atoms with van der Waals surface area (Å²) in [6.07, 6.45) is 3.34. The molecule has 80 valence electrons. The number of thioether (sulfide) groups is 1. The van der Waals surface area contributed by atoms with Gasteiger partial charge in [-0.25, -0.2) is 0 Å². The lowest BCUT2D eigenvalue weighted by molar-refractivity contribution is 0.312. The van der Waals surface area contributed by atoms with E-state index in [4.69, 9.17) is 5.73 Å². The number of hydrogen-bond donors (Lipinski definition) is 2. The van der Waals surface area contributed by atoms with Crippen molar-refractivity contribution >= 4 is 11.8 Å². The summed E-state index contributed by atoms with van der Waals surface area (Å²) in [7, 11) is 0. The van der Waals surface area contributed by atoms with Gasteiger partial charge in [0.2, 0.25) is 0 Å². The maximum atomic E-state index is 5.85. The van der Waals surface area contributed by atoms with Gasteiger partial charge in [0.25, 0.3) is 0 Å². The van der Waals surface area contributed by atoms with Gasteiger partial charge in [-0.3, -0.25) is 0 Å². The zero-order chi connectivity index (χ0) is 10.3. The van der Waals surface area contributed by atoms with Crippen LogP contribution in [0.25, 0.3) is 0 Å². The summed E-state index contributed by atoms with van der Waals surface area (Å²) < 4.78 is 0. The summed E-state index contributed by atoms with van der Waals surface area (Å²) in [5, 5.41) is 3.58. The highest BCUT2D eigenvalue weighted by atomic mass is 32.2. The average molecular weight is 212 g/mol. The molecule has 0 aromatic rings. The number of nitrogens with two attached hydrogens (primary N) is 1. The Balaban J connectivity index is 2.31. The second-order valence-electron chi connectivity index (χ2n) is 3.70. The minimum absolute atomic E-state index is 0.209. The molecular weight excluding hydrogens is 192 g/mol. The molecule has 1 heterocycles. The fraction of sp³-hybridized carbons (Fsp3) is 0.818. The number of hydrogen-bond acceptors (Lipinski definition) is 3. The second kappa shape index (κ2) is 6.34. The first-order chi connectivity index (χ1) is 6.83. The van der Waals surface area contributed by atoms with Crippen LogP contribution in [0.15, 0.2) is 0 Å². The van der Waals surface area contributed by atoms with Crippen LogP contribution in [0.4, 0.5) is 0 Å². The van der Waals surface area contributed by atoms with Crippen molar-refractivity contribution in [2.75, 3.05) is 24.6 Å². The highest BCUT2D eigenvalue weighted by molar-refractivity contribution is 7.99. The van der Waals surface area contributed by atoms with Crippen LogP contribution in [-0.4, -0.2) is 30.1 Å². The third-order valence-electron chi connectivity index (χ3n) is 2.77. The second-order valence-corrected chi connectivity index (χ2v) is 4.93. The Morgan fingerprint density at radius 2 is 2.14 bits per heavy atom. The van der Waals surface area contributed by atoms with Crippen LogP contribution >= 0.6 is 11.8 Å². The molecule has 0 saturated carbocycles. The van der Waals surface area contributed by atoms with E-state index in [0.29, 0.717) is 0 Å². The van der Waals surface area contributed by atoms with E-state index in [1.165, 1.54) is 24.3 Å². The van der Waals surface area contributed by atoms with E-state index in [1.54, 1.807) is 0 Å². The highest BCUT2D eigenvalue weighted by Crippen LogP contribution is 2.25. The Labute approximate surface area is 91.4 Å². The summed E-state index contributed by atoms with van der Waals surface area (Å²) in [4.78, 5) is 0. The fourth-order valence-electron chi connectivity index (χ4n) is 1.73. The molecule has 0 aromatic carbocycles. The fourth-order valence-corrected chi connectivity index (χ4v) is 3.00. The molecule has 3 N–H and O–H groups in total. The van der Waals surface area contributed by atoms with E-state index < -0.39 is 0 Å². The van der Waals surface area contributed by atoms with E-state index in [-0.39, 0.29) is 5.54 Å². The molecule has 1 rings (SSSR count). The van der Waals surface area contributed by atoms with Gasteiger partial charge < -0.3 is 11.1 Å². The third kappa shape index (κ3) is 3.53. The molecule has 1 aliphatic rings. The lowest BCUT2D eigenvalue weighted by atomic mass is 9.92. The summed E-state index contributed by atoms with van der Waals surface area (Å²) in [5.74, 6) is 8.46. The van der Waals surface area contributed by atoms with Gasteiger partial charge >= 0.3 is 0 Å². The minimum Gasteiger partial charge on any atom is -0.329 e. The molecular formula is C11H20N2S. The molecule has 0 radical (unpaired) electrons. The summed E-state index contributed by atoms with van der Waals surface area (Å²) in [5.41, 5.74) is 6.05. The highest BCUT2D eigenvalue weighted by Gasteiger charge is 2.29. The predicted octanol–water partition coefficient (Wildman–Crippen LogP) is 1.21. The topological polar surface area (TPSA) is 38.0 Å². The maximum Gasteiger partial charge on any atom is 0.0320 e. The van der Waals surface area contributed by atoms with Gasteiger partial charge in [0, 0.05) is 25.0 Å². The molecule has 0 bridgehead atoms. The van der Waals surface area contributed by atoms with Crippen molar-refractivity contribution in [1.29, 1.82) is 0 Å². The van der Waals surface area contributed by atoms with Crippen LogP contribution < -0.4 is 11.1 Å². The largest absolute Gasteiger partial charge is 0.329 e. The molecule has 0 atom stereocenters. The Morgan fingerprint density at radius 3 is 2.71 bits per heavy atom. The van der Waals surface area contributed by atoms with Gasteiger partial charge in [0.1, 0.15) is 0 Å². The molecule has 0 spiro atoms. The number of nitrogens with one attached hydrogen (secondary N) is 1. The molecule has 0 amide bonds. The van der Waals surface area contributed by atoms with Crippen LogP contribution in [0.1, 0.15) is 26.2 Å². The third-order valence-corrected chi connectivity index (χ3v) is 3.75. The summed E-state index contributed by atoms with van der Waals surface area (Å²) in [6.45, 7) is 3.62. The first kappa shape index (κ1) is 11.9. The molecule has 14 heavy (non-hydrogen) atoms. The van der Waals surface area contributed by atoms with Crippen LogP contribution in [-0.2, 0) is 0 Å². The lowest BCUT2D eigenvalue weighted by Crippen LogP contribution is -2.53. The van der Waals surface area contributed by atoms with E-state index in [9.17, 15) is 0 Å². The minimum atomic E-state index is 0.209. The zero-order valence-corrected chi connectivity index (χ0v) is 9.75. The smallest absolute Gasteiger partial charge is 0.0320 e. The van der Waals surface area contributed by atoms with Crippen molar-refractivity contribution in [2.45, 2.75) is 31.7 Å². The molecule has 0 aromatic heterocycles. The standard InChI is InChI=1S/C11H20N2S/c1-2-3-4-7-13-11(10-12)5-8-14-9-6-11/h13H,4-10,12H2,1H3. The van der Waals surface area contributed by atoms with Gasteiger partial charge in [-0.05, 0) is 31.3 Å². The van der Waals surface area contributed by atoms with Crippen molar-refractivity contribution in [2.24, 2.45) is 5.73 Å². The molecule has 1 fully saturated rings. The van der Waals surface area contributed by atoms with Crippen molar-refractivity contribution in [3.63, 3.8) is 0 Å². The van der Waals surface area contributed by atoms with Crippen LogP contribution in [0.5, 0.6) is 0 Å².